The Bertz CT molecular complexity index is 896. The molecular formula is C20H24O6S2. The first-order valence-corrected chi connectivity index (χ1v) is 12.2. The monoisotopic (exact) mass is 424 g/mol. The minimum absolute atomic E-state index is 0.0168. The van der Waals surface area contributed by atoms with Crippen molar-refractivity contribution < 1.29 is 26.3 Å². The van der Waals surface area contributed by atoms with Gasteiger partial charge in [0, 0.05) is 6.42 Å². The molecule has 0 aromatic heterocycles. The van der Waals surface area contributed by atoms with Crippen molar-refractivity contribution in [1.29, 1.82) is 0 Å². The van der Waals surface area contributed by atoms with Crippen molar-refractivity contribution in [2.24, 2.45) is 5.92 Å². The van der Waals surface area contributed by atoms with E-state index in [0.29, 0.717) is 13.2 Å². The number of sulfone groups is 2. The number of rotatable bonds is 7. The quantitative estimate of drug-likeness (QED) is 0.679. The Morgan fingerprint density at radius 1 is 0.821 bits per heavy atom. The number of hydrogen-bond acceptors (Lipinski definition) is 6. The van der Waals surface area contributed by atoms with Crippen LogP contribution in [-0.2, 0) is 29.1 Å². The van der Waals surface area contributed by atoms with Crippen molar-refractivity contribution in [2.45, 2.75) is 40.4 Å². The van der Waals surface area contributed by atoms with Crippen LogP contribution >= 0.6 is 0 Å². The summed E-state index contributed by atoms with van der Waals surface area (Å²) < 4.78 is 62.9. The molecule has 3 rings (SSSR count). The van der Waals surface area contributed by atoms with Crippen LogP contribution in [0.3, 0.4) is 0 Å². The molecule has 1 heterocycles. The van der Waals surface area contributed by atoms with Gasteiger partial charge >= 0.3 is 0 Å². The molecule has 0 radical (unpaired) electrons. The first-order valence-electron chi connectivity index (χ1n) is 9.14. The van der Waals surface area contributed by atoms with Gasteiger partial charge in [-0.15, -0.1) is 0 Å². The fourth-order valence-electron chi connectivity index (χ4n) is 3.35. The van der Waals surface area contributed by atoms with Crippen LogP contribution in [0.25, 0.3) is 0 Å². The van der Waals surface area contributed by atoms with Crippen LogP contribution in [0.2, 0.25) is 0 Å². The molecule has 1 fully saturated rings. The molecular weight excluding hydrogens is 400 g/mol. The van der Waals surface area contributed by atoms with Gasteiger partial charge in [-0.25, -0.2) is 16.8 Å². The number of benzene rings is 2. The van der Waals surface area contributed by atoms with Crippen molar-refractivity contribution in [2.75, 3.05) is 13.2 Å². The van der Waals surface area contributed by atoms with Gasteiger partial charge in [-0.2, -0.15) is 0 Å². The Kier molecular flexibility index (Phi) is 6.54. The highest BCUT2D eigenvalue weighted by atomic mass is 32.3. The summed E-state index contributed by atoms with van der Waals surface area (Å²) in [6.45, 7) is 2.64. The van der Waals surface area contributed by atoms with Gasteiger partial charge in [-0.3, -0.25) is 0 Å². The van der Waals surface area contributed by atoms with Crippen LogP contribution in [0.5, 0.6) is 0 Å². The molecule has 0 bridgehead atoms. The number of ether oxygens (including phenoxy) is 2. The normalized spacial score (nSPS) is 17.5. The summed E-state index contributed by atoms with van der Waals surface area (Å²) in [6.07, 6.45) is 0.324. The van der Waals surface area contributed by atoms with E-state index in [4.69, 9.17) is 9.47 Å². The van der Waals surface area contributed by atoms with Crippen molar-refractivity contribution in [3.63, 3.8) is 0 Å². The van der Waals surface area contributed by atoms with Gasteiger partial charge in [0.2, 0.25) is 0 Å². The topological polar surface area (TPSA) is 86.7 Å². The van der Waals surface area contributed by atoms with E-state index in [1.165, 1.54) is 24.3 Å². The molecule has 0 amide bonds. The third-order valence-electron chi connectivity index (χ3n) is 4.68. The fourth-order valence-corrected chi connectivity index (χ4v) is 8.41. The Hall–Kier alpha value is -1.74. The molecule has 1 saturated heterocycles. The lowest BCUT2D eigenvalue weighted by Gasteiger charge is -2.29. The smallest absolute Gasteiger partial charge is 0.196 e. The summed E-state index contributed by atoms with van der Waals surface area (Å²) in [7, 11) is -8.31. The van der Waals surface area contributed by atoms with Crippen molar-refractivity contribution >= 4 is 19.7 Å². The molecule has 0 saturated carbocycles. The largest absolute Gasteiger partial charge is 0.353 e. The van der Waals surface area contributed by atoms with Crippen molar-refractivity contribution in [3.05, 3.63) is 60.7 Å². The van der Waals surface area contributed by atoms with Crippen LogP contribution in [0.1, 0.15) is 19.8 Å². The van der Waals surface area contributed by atoms with Gasteiger partial charge < -0.3 is 9.47 Å². The zero-order valence-electron chi connectivity index (χ0n) is 15.6. The molecule has 1 atom stereocenters. The summed E-state index contributed by atoms with van der Waals surface area (Å²) in [4.78, 5) is -0.0336. The Labute approximate surface area is 166 Å². The van der Waals surface area contributed by atoms with Crippen LogP contribution in [0.15, 0.2) is 70.5 Å². The lowest BCUT2D eigenvalue weighted by atomic mass is 10.1. The highest BCUT2D eigenvalue weighted by Crippen LogP contribution is 2.33. The molecule has 152 valence electrons. The first-order chi connectivity index (χ1) is 13.3. The second-order valence-corrected chi connectivity index (χ2v) is 11.3. The SMILES string of the molecule is C[C@H](CC1OCCCO1)C(S(=O)(=O)c1ccccc1)S(=O)(=O)c1ccccc1. The minimum Gasteiger partial charge on any atom is -0.353 e. The molecule has 2 aromatic carbocycles. The van der Waals surface area contributed by atoms with Crippen molar-refractivity contribution in [3.8, 4) is 0 Å². The summed E-state index contributed by atoms with van der Waals surface area (Å²) in [5, 5.41) is 0. The van der Waals surface area contributed by atoms with E-state index in [9.17, 15) is 16.8 Å². The lowest BCUT2D eigenvalue weighted by Crippen LogP contribution is -2.39. The van der Waals surface area contributed by atoms with E-state index in [2.05, 4.69) is 0 Å². The second kappa shape index (κ2) is 8.73. The zero-order chi connectivity index (χ0) is 20.2. The summed E-state index contributed by atoms with van der Waals surface area (Å²) >= 11 is 0. The highest BCUT2D eigenvalue weighted by molar-refractivity contribution is 8.09. The average molecular weight is 425 g/mol. The van der Waals surface area contributed by atoms with Gasteiger partial charge in [0.1, 0.15) is 0 Å². The average Bonchev–Trinajstić information content (AvgIpc) is 2.70. The number of hydrogen-bond donors (Lipinski definition) is 0. The predicted molar refractivity (Wildman–Crippen MR) is 105 cm³/mol. The third-order valence-corrected chi connectivity index (χ3v) is 10.2. The summed E-state index contributed by atoms with van der Waals surface area (Å²) in [5.41, 5.74) is 0. The molecule has 0 aliphatic carbocycles. The van der Waals surface area contributed by atoms with E-state index in [1.54, 1.807) is 43.3 Å². The van der Waals surface area contributed by atoms with Crippen LogP contribution in [0.4, 0.5) is 0 Å². The molecule has 1 aliphatic heterocycles. The molecule has 8 heteroatoms. The van der Waals surface area contributed by atoms with E-state index in [0.717, 1.165) is 6.42 Å². The Morgan fingerprint density at radius 3 is 1.68 bits per heavy atom. The predicted octanol–water partition coefficient (Wildman–Crippen LogP) is 3.05. The van der Waals surface area contributed by atoms with Gasteiger partial charge in [-0.1, -0.05) is 43.3 Å². The van der Waals surface area contributed by atoms with Crippen LogP contribution in [-0.4, -0.2) is 40.9 Å². The maximum Gasteiger partial charge on any atom is 0.196 e. The zero-order valence-corrected chi connectivity index (χ0v) is 17.2. The molecule has 1 aliphatic rings. The van der Waals surface area contributed by atoms with Gasteiger partial charge in [0.15, 0.2) is 30.5 Å². The second-order valence-electron chi connectivity index (χ2n) is 6.82. The molecule has 0 unspecified atom stereocenters. The van der Waals surface area contributed by atoms with E-state index >= 15 is 0 Å². The van der Waals surface area contributed by atoms with E-state index in [-0.39, 0.29) is 16.2 Å². The Balaban J connectivity index is 2.03. The maximum absolute atomic E-state index is 13.4. The lowest BCUT2D eigenvalue weighted by molar-refractivity contribution is -0.185. The van der Waals surface area contributed by atoms with Crippen LogP contribution in [0, 0.1) is 5.92 Å². The fraction of sp³-hybridized carbons (Fsp3) is 0.400. The highest BCUT2D eigenvalue weighted by Gasteiger charge is 2.44. The van der Waals surface area contributed by atoms with Gasteiger partial charge in [0.05, 0.1) is 23.0 Å². The van der Waals surface area contributed by atoms with Crippen LogP contribution < -0.4 is 0 Å². The minimum atomic E-state index is -4.16. The summed E-state index contributed by atoms with van der Waals surface area (Å²) in [5.74, 6) is -0.737. The van der Waals surface area contributed by atoms with Gasteiger partial charge in [-0.05, 0) is 36.6 Å². The molecule has 28 heavy (non-hydrogen) atoms. The Morgan fingerprint density at radius 2 is 1.25 bits per heavy atom. The molecule has 2 aromatic rings. The maximum atomic E-state index is 13.4. The molecule has 0 spiro atoms. The van der Waals surface area contributed by atoms with Gasteiger partial charge in [0.25, 0.3) is 0 Å². The van der Waals surface area contributed by atoms with E-state index < -0.39 is 36.5 Å². The van der Waals surface area contributed by atoms with Crippen molar-refractivity contribution in [1.82, 2.24) is 0 Å². The summed E-state index contributed by atoms with van der Waals surface area (Å²) in [6, 6.07) is 15.4. The molecule has 6 nitrogen and oxygen atoms in total. The third kappa shape index (κ3) is 4.46. The first kappa shape index (κ1) is 21.0. The van der Waals surface area contributed by atoms with E-state index in [1.807, 2.05) is 0 Å². The standard InChI is InChI=1S/C20H24O6S2/c1-16(15-19-25-13-8-14-26-19)20(27(21,22)17-9-4-2-5-10-17)28(23,24)18-11-6-3-7-12-18/h2-7,9-12,16,19-20H,8,13-15H2,1H3/t16-/m1/s1. The molecule has 0 N–H and O–H groups in total.